The van der Waals surface area contributed by atoms with E-state index in [-0.39, 0.29) is 12.1 Å². The number of nitrogens with one attached hydrogen (secondary N) is 1. The third-order valence-electron chi connectivity index (χ3n) is 4.04. The number of hydrogen-bond acceptors (Lipinski definition) is 3. The minimum atomic E-state index is -0.0998. The van der Waals surface area contributed by atoms with Gasteiger partial charge in [0.05, 0.1) is 6.61 Å². The van der Waals surface area contributed by atoms with Crippen LogP contribution in [-0.4, -0.2) is 29.0 Å². The van der Waals surface area contributed by atoms with Crippen molar-refractivity contribution in [1.82, 2.24) is 5.32 Å². The van der Waals surface area contributed by atoms with Gasteiger partial charge in [-0.1, -0.05) is 45.0 Å². The predicted molar refractivity (Wildman–Crippen MR) is 95.0 cm³/mol. The number of hydrogen-bond donors (Lipinski definition) is 2. The highest BCUT2D eigenvalue weighted by Gasteiger charge is 2.26. The second kappa shape index (κ2) is 9.50. The Kier molecular flexibility index (Phi) is 8.38. The minimum absolute atomic E-state index is 0.0998. The van der Waals surface area contributed by atoms with Crippen LogP contribution in [0, 0.1) is 6.92 Å². The van der Waals surface area contributed by atoms with Crippen molar-refractivity contribution >= 4 is 11.8 Å². The summed E-state index contributed by atoms with van der Waals surface area (Å²) in [6.45, 7) is 8.85. The molecule has 0 aromatic heterocycles. The van der Waals surface area contributed by atoms with E-state index in [0.717, 1.165) is 30.8 Å². The average Bonchev–Trinajstić information content (AvgIpc) is 2.47. The zero-order chi connectivity index (χ0) is 15.7. The number of benzene rings is 1. The highest BCUT2D eigenvalue weighted by molar-refractivity contribution is 7.98. The molecule has 0 radical (unpaired) electrons. The lowest BCUT2D eigenvalue weighted by atomic mass is 9.91. The standard InChI is InChI=1S/C18H31NOS/c1-5-18(14-20,19-15(2)3)11-8-12-21-13-17-10-7-6-9-16(17)4/h6-7,9-10,15,19-20H,5,8,11-14H2,1-4H3. The third-order valence-corrected chi connectivity index (χ3v) is 5.13. The zero-order valence-corrected chi connectivity index (χ0v) is 14.8. The van der Waals surface area contributed by atoms with Crippen LogP contribution in [0.15, 0.2) is 24.3 Å². The summed E-state index contributed by atoms with van der Waals surface area (Å²) in [4.78, 5) is 0. The molecule has 0 aliphatic rings. The van der Waals surface area contributed by atoms with Crippen molar-refractivity contribution in [2.75, 3.05) is 12.4 Å². The second-order valence-corrected chi connectivity index (χ2v) is 7.28. The number of aliphatic hydroxyl groups excluding tert-OH is 1. The Bertz CT molecular complexity index is 402. The van der Waals surface area contributed by atoms with Crippen molar-refractivity contribution in [3.63, 3.8) is 0 Å². The summed E-state index contributed by atoms with van der Waals surface area (Å²) in [7, 11) is 0. The molecule has 0 saturated heterocycles. The first-order valence-corrected chi connectivity index (χ1v) is 9.19. The number of aryl methyl sites for hydroxylation is 1. The van der Waals surface area contributed by atoms with E-state index in [2.05, 4.69) is 57.3 Å². The van der Waals surface area contributed by atoms with Crippen molar-refractivity contribution < 1.29 is 5.11 Å². The molecule has 0 spiro atoms. The average molecular weight is 310 g/mol. The van der Waals surface area contributed by atoms with Gasteiger partial charge in [0.2, 0.25) is 0 Å². The molecular formula is C18H31NOS. The molecule has 1 rings (SSSR count). The summed E-state index contributed by atoms with van der Waals surface area (Å²) < 4.78 is 0. The lowest BCUT2D eigenvalue weighted by molar-refractivity contribution is 0.137. The lowest BCUT2D eigenvalue weighted by Gasteiger charge is -2.34. The van der Waals surface area contributed by atoms with Crippen molar-refractivity contribution in [1.29, 1.82) is 0 Å². The van der Waals surface area contributed by atoms with Gasteiger partial charge in [-0.3, -0.25) is 0 Å². The summed E-state index contributed by atoms with van der Waals surface area (Å²) in [6.07, 6.45) is 3.16. The monoisotopic (exact) mass is 309 g/mol. The van der Waals surface area contributed by atoms with Gasteiger partial charge in [0.1, 0.15) is 0 Å². The fourth-order valence-electron chi connectivity index (χ4n) is 2.67. The van der Waals surface area contributed by atoms with E-state index in [0.29, 0.717) is 6.04 Å². The maximum Gasteiger partial charge on any atom is 0.0613 e. The first kappa shape index (κ1) is 18.5. The van der Waals surface area contributed by atoms with E-state index in [9.17, 15) is 5.11 Å². The van der Waals surface area contributed by atoms with Gasteiger partial charge in [-0.05, 0) is 43.1 Å². The zero-order valence-electron chi connectivity index (χ0n) is 14.0. The molecule has 1 atom stereocenters. The fraction of sp³-hybridized carbons (Fsp3) is 0.667. The van der Waals surface area contributed by atoms with Crippen molar-refractivity contribution in [3.05, 3.63) is 35.4 Å². The summed E-state index contributed by atoms with van der Waals surface area (Å²) in [5, 5.41) is 13.3. The highest BCUT2D eigenvalue weighted by Crippen LogP contribution is 2.22. The maximum absolute atomic E-state index is 9.73. The molecule has 0 fully saturated rings. The molecule has 0 heterocycles. The summed E-state index contributed by atoms with van der Waals surface area (Å²) in [5.41, 5.74) is 2.72. The van der Waals surface area contributed by atoms with Gasteiger partial charge in [-0.15, -0.1) is 0 Å². The number of thioether (sulfide) groups is 1. The Labute approximate surface area is 134 Å². The second-order valence-electron chi connectivity index (χ2n) is 6.17. The molecule has 0 aliphatic carbocycles. The van der Waals surface area contributed by atoms with Gasteiger partial charge in [-0.2, -0.15) is 11.8 Å². The maximum atomic E-state index is 9.73. The molecule has 2 nitrogen and oxygen atoms in total. The molecule has 1 unspecified atom stereocenters. The molecule has 3 heteroatoms. The molecule has 0 saturated carbocycles. The fourth-order valence-corrected chi connectivity index (χ4v) is 3.70. The van der Waals surface area contributed by atoms with Gasteiger partial charge in [0.15, 0.2) is 0 Å². The van der Waals surface area contributed by atoms with Gasteiger partial charge in [0.25, 0.3) is 0 Å². The summed E-state index contributed by atoms with van der Waals surface area (Å²) in [5.74, 6) is 2.23. The Morgan fingerprint density at radius 3 is 2.57 bits per heavy atom. The van der Waals surface area contributed by atoms with Crippen LogP contribution >= 0.6 is 11.8 Å². The SMILES string of the molecule is CCC(CO)(CCCSCc1ccccc1C)NC(C)C. The molecule has 1 aromatic rings. The highest BCUT2D eigenvalue weighted by atomic mass is 32.2. The van der Waals surface area contributed by atoms with Crippen LogP contribution < -0.4 is 5.32 Å². The predicted octanol–water partition coefficient (Wildman–Crippen LogP) is 4.15. The smallest absolute Gasteiger partial charge is 0.0613 e. The molecule has 120 valence electrons. The topological polar surface area (TPSA) is 32.3 Å². The molecule has 21 heavy (non-hydrogen) atoms. The Hall–Kier alpha value is -0.510. The van der Waals surface area contributed by atoms with Crippen LogP contribution in [0.4, 0.5) is 0 Å². The Morgan fingerprint density at radius 2 is 2.00 bits per heavy atom. The van der Waals surface area contributed by atoms with E-state index >= 15 is 0 Å². The minimum Gasteiger partial charge on any atom is -0.394 e. The van der Waals surface area contributed by atoms with Crippen molar-refractivity contribution in [2.45, 2.75) is 64.3 Å². The van der Waals surface area contributed by atoms with Gasteiger partial charge in [-0.25, -0.2) is 0 Å². The molecular weight excluding hydrogens is 278 g/mol. The van der Waals surface area contributed by atoms with Crippen LogP contribution in [0.5, 0.6) is 0 Å². The van der Waals surface area contributed by atoms with Crippen LogP contribution in [0.2, 0.25) is 0 Å². The number of rotatable bonds is 10. The summed E-state index contributed by atoms with van der Waals surface area (Å²) in [6, 6.07) is 9.02. The Balaban J connectivity index is 2.33. The lowest BCUT2D eigenvalue weighted by Crippen LogP contribution is -2.51. The van der Waals surface area contributed by atoms with Crippen molar-refractivity contribution in [3.8, 4) is 0 Å². The van der Waals surface area contributed by atoms with E-state index in [1.165, 1.54) is 11.1 Å². The van der Waals surface area contributed by atoms with Gasteiger partial charge in [0, 0.05) is 17.3 Å². The van der Waals surface area contributed by atoms with Crippen molar-refractivity contribution in [2.24, 2.45) is 0 Å². The van der Waals surface area contributed by atoms with E-state index < -0.39 is 0 Å². The Morgan fingerprint density at radius 1 is 1.29 bits per heavy atom. The molecule has 1 aromatic carbocycles. The summed E-state index contributed by atoms with van der Waals surface area (Å²) >= 11 is 1.99. The molecule has 0 bridgehead atoms. The molecule has 2 N–H and O–H groups in total. The van der Waals surface area contributed by atoms with E-state index in [1.54, 1.807) is 0 Å². The largest absolute Gasteiger partial charge is 0.394 e. The normalized spacial score (nSPS) is 14.4. The van der Waals surface area contributed by atoms with Gasteiger partial charge < -0.3 is 10.4 Å². The number of aliphatic hydroxyl groups is 1. The first-order chi connectivity index (χ1) is 10.0. The van der Waals surface area contributed by atoms with Crippen LogP contribution in [0.25, 0.3) is 0 Å². The third kappa shape index (κ3) is 6.41. The van der Waals surface area contributed by atoms with Crippen LogP contribution in [0.1, 0.15) is 51.2 Å². The van der Waals surface area contributed by atoms with Gasteiger partial charge >= 0.3 is 0 Å². The van der Waals surface area contributed by atoms with Crippen LogP contribution in [-0.2, 0) is 5.75 Å². The quantitative estimate of drug-likeness (QED) is 0.637. The molecule has 0 amide bonds. The first-order valence-electron chi connectivity index (χ1n) is 8.04. The van der Waals surface area contributed by atoms with E-state index in [4.69, 9.17) is 0 Å². The van der Waals surface area contributed by atoms with Crippen LogP contribution in [0.3, 0.4) is 0 Å². The van der Waals surface area contributed by atoms with E-state index in [1.807, 2.05) is 11.8 Å². The molecule has 0 aliphatic heterocycles.